The van der Waals surface area contributed by atoms with E-state index in [1.165, 1.54) is 0 Å². The van der Waals surface area contributed by atoms with E-state index >= 15 is 0 Å². The van der Waals surface area contributed by atoms with Crippen molar-refractivity contribution < 1.29 is 88.2 Å². The number of H-pyrrole nitrogens is 1. The molecule has 0 saturated carbocycles. The van der Waals surface area contributed by atoms with E-state index in [0.29, 0.717) is 12.1 Å². The van der Waals surface area contributed by atoms with Crippen LogP contribution in [-0.2, 0) is 6.54 Å². The van der Waals surface area contributed by atoms with Gasteiger partial charge in [0.15, 0.2) is 31.3 Å². The summed E-state index contributed by atoms with van der Waals surface area (Å²) in [6.45, 7) is 0.643. The Labute approximate surface area is 196 Å². The van der Waals surface area contributed by atoms with Crippen LogP contribution in [0.5, 0.6) is 0 Å². The standard InChI is InChI=1S/C18H14N2O2.2ClHO4.2H2O/c21-18(22)17-3-1-2-14(12-17)13-20-10-6-16(7-11-20)15-4-8-19-9-5-15;2*2-1(3,4)5;;/h1-12H,13H2;2*(H,2,3,4,5);2*1H2. The Balaban J connectivity index is 0. The van der Waals surface area contributed by atoms with Gasteiger partial charge in [0.1, 0.15) is 0 Å². The number of halogens is 2. The van der Waals surface area contributed by atoms with E-state index in [9.17, 15) is 4.79 Å². The van der Waals surface area contributed by atoms with Gasteiger partial charge in [0.2, 0.25) is 0 Å². The molecule has 0 spiro atoms. The van der Waals surface area contributed by atoms with Gasteiger partial charge in [-0.25, -0.2) is 51.6 Å². The van der Waals surface area contributed by atoms with Gasteiger partial charge < -0.3 is 16.1 Å². The first-order valence-electron chi connectivity index (χ1n) is 8.24. The number of hydrogen-bond donors (Lipinski definition) is 1. The average Bonchev–Trinajstić information content (AvgIpc) is 2.67. The number of benzene rings is 1. The largest absolute Gasteiger partial charge is 0.478 e. The summed E-state index contributed by atoms with van der Waals surface area (Å²) in [7, 11) is -9.89. The Hall–Kier alpha value is -2.83. The molecule has 16 heteroatoms. The highest BCUT2D eigenvalue weighted by atomic mass is 35.7. The van der Waals surface area contributed by atoms with E-state index < -0.39 is 26.5 Å². The van der Waals surface area contributed by atoms with Crippen molar-refractivity contribution in [3.05, 3.63) is 84.4 Å². The predicted octanol–water partition coefficient (Wildman–Crippen LogP) is -8.96. The molecule has 0 radical (unpaired) electrons. The highest BCUT2D eigenvalue weighted by Gasteiger charge is 2.08. The summed E-state index contributed by atoms with van der Waals surface area (Å²) in [5.74, 6) is -0.900. The highest BCUT2D eigenvalue weighted by Crippen LogP contribution is 2.15. The van der Waals surface area contributed by atoms with Crippen LogP contribution in [0.2, 0.25) is 0 Å². The van der Waals surface area contributed by atoms with Crippen LogP contribution in [0.3, 0.4) is 0 Å². The van der Waals surface area contributed by atoms with Crippen molar-refractivity contribution in [1.82, 2.24) is 0 Å². The Morgan fingerprint density at radius 1 is 0.794 bits per heavy atom. The van der Waals surface area contributed by atoms with Crippen LogP contribution in [0.1, 0.15) is 15.9 Å². The third-order valence-electron chi connectivity index (χ3n) is 3.48. The molecule has 1 aromatic carbocycles. The highest BCUT2D eigenvalue weighted by molar-refractivity contribution is 5.87. The van der Waals surface area contributed by atoms with Gasteiger partial charge in [0.25, 0.3) is 0 Å². The Bertz CT molecular complexity index is 957. The second kappa shape index (κ2) is 15.1. The summed E-state index contributed by atoms with van der Waals surface area (Å²) >= 11 is 0. The first-order chi connectivity index (χ1) is 14.7. The lowest BCUT2D eigenvalue weighted by molar-refractivity contribution is -2.00. The van der Waals surface area contributed by atoms with E-state index in [4.69, 9.17) is 42.4 Å². The fraction of sp³-hybridized carbons (Fsp3) is 0.0556. The molecule has 0 bridgehead atoms. The number of aromatic amines is 1. The molecule has 188 valence electrons. The van der Waals surface area contributed by atoms with Crippen LogP contribution < -0.4 is 46.8 Å². The SMILES string of the molecule is O.O.O=C(O)c1cccc(C[n+]2ccc(-c3cc[nH+]cc3)cc2)c1.[O-][Cl+3]([O-])([O-])[O-].[O-][Cl+3]([O-])([O-])[O-]. The van der Waals surface area contributed by atoms with Crippen molar-refractivity contribution >= 4 is 5.97 Å². The zero-order valence-electron chi connectivity index (χ0n) is 17.0. The van der Waals surface area contributed by atoms with Gasteiger partial charge >= 0.3 is 5.97 Å². The number of hydrogen-bond acceptors (Lipinski definition) is 9. The Morgan fingerprint density at radius 2 is 1.24 bits per heavy atom. The number of carbonyl (C=O) groups is 1. The molecule has 6 N–H and O–H groups in total. The van der Waals surface area contributed by atoms with Gasteiger partial charge in [-0.15, -0.1) is 20.5 Å². The molecule has 0 unspecified atom stereocenters. The van der Waals surface area contributed by atoms with Crippen LogP contribution in [0, 0.1) is 20.5 Å². The van der Waals surface area contributed by atoms with Crippen LogP contribution >= 0.6 is 0 Å². The van der Waals surface area contributed by atoms with E-state index in [-0.39, 0.29) is 11.0 Å². The molecule has 0 saturated heterocycles. The lowest BCUT2D eigenvalue weighted by Crippen LogP contribution is -2.68. The summed E-state index contributed by atoms with van der Waals surface area (Å²) in [6.07, 6.45) is 7.79. The minimum Gasteiger partial charge on any atom is -0.478 e. The summed E-state index contributed by atoms with van der Waals surface area (Å²) in [4.78, 5) is 14.0. The van der Waals surface area contributed by atoms with Gasteiger partial charge in [-0.3, -0.25) is 0 Å². The fourth-order valence-corrected chi connectivity index (χ4v) is 2.35. The number of pyridine rings is 2. The van der Waals surface area contributed by atoms with E-state index in [2.05, 4.69) is 17.1 Å². The third-order valence-corrected chi connectivity index (χ3v) is 3.48. The third kappa shape index (κ3) is 16.8. The number of rotatable bonds is 4. The van der Waals surface area contributed by atoms with Crippen molar-refractivity contribution in [1.29, 1.82) is 0 Å². The molecule has 0 aliphatic rings. The first-order valence-corrected chi connectivity index (χ1v) is 10.7. The van der Waals surface area contributed by atoms with Crippen LogP contribution in [-0.4, -0.2) is 22.0 Å². The minimum absolute atomic E-state index is 0. The first kappa shape index (κ1) is 33.3. The van der Waals surface area contributed by atoms with Crippen molar-refractivity contribution in [3.63, 3.8) is 0 Å². The van der Waals surface area contributed by atoms with E-state index in [1.54, 1.807) is 18.2 Å². The number of nitrogens with one attached hydrogen (secondary N) is 1. The number of carboxylic acids is 1. The normalized spacial score (nSPS) is 10.2. The predicted molar refractivity (Wildman–Crippen MR) is 88.4 cm³/mol. The zero-order chi connectivity index (χ0) is 24.4. The lowest BCUT2D eigenvalue weighted by Gasteiger charge is -2.17. The summed E-state index contributed by atoms with van der Waals surface area (Å²) in [6, 6.07) is 15.2. The Kier molecular flexibility index (Phi) is 14.9. The van der Waals surface area contributed by atoms with Crippen molar-refractivity contribution in [3.8, 4) is 11.1 Å². The molecule has 2 aromatic heterocycles. The van der Waals surface area contributed by atoms with Crippen molar-refractivity contribution in [2.75, 3.05) is 0 Å². The van der Waals surface area contributed by atoms with Crippen LogP contribution in [0.15, 0.2) is 73.3 Å². The summed E-state index contributed by atoms with van der Waals surface area (Å²) in [5, 5.41) is 9.03. The lowest BCUT2D eigenvalue weighted by atomic mass is 10.1. The molecule has 0 fully saturated rings. The molecule has 14 nitrogen and oxygen atoms in total. The number of aromatic carboxylic acids is 1. The van der Waals surface area contributed by atoms with Gasteiger partial charge in [-0.2, -0.15) is 0 Å². The van der Waals surface area contributed by atoms with Gasteiger partial charge in [-0.1, -0.05) is 12.1 Å². The van der Waals surface area contributed by atoms with Crippen LogP contribution in [0.4, 0.5) is 0 Å². The molecule has 34 heavy (non-hydrogen) atoms. The molecule has 3 aromatic rings. The topological polar surface area (TPSA) is 303 Å². The maximum Gasteiger partial charge on any atom is 0.335 e. The number of carboxylic acid groups (broad SMARTS) is 1. The second-order valence-electron chi connectivity index (χ2n) is 5.81. The maximum atomic E-state index is 11.0. The van der Waals surface area contributed by atoms with E-state index in [0.717, 1.165) is 16.7 Å². The van der Waals surface area contributed by atoms with Gasteiger partial charge in [-0.05, 0) is 23.3 Å². The molecular weight excluding hydrogens is 507 g/mol. The molecule has 0 aliphatic heterocycles. The average molecular weight is 527 g/mol. The van der Waals surface area contributed by atoms with Gasteiger partial charge in [0, 0.05) is 29.8 Å². The molecule has 2 heterocycles. The molecular formula is C18H20Cl2N2O12. The summed E-state index contributed by atoms with van der Waals surface area (Å²) < 4.78 is 70.0. The Morgan fingerprint density at radius 3 is 1.68 bits per heavy atom. The minimum atomic E-state index is -4.94. The van der Waals surface area contributed by atoms with Crippen molar-refractivity contribution in [2.24, 2.45) is 0 Å². The van der Waals surface area contributed by atoms with Crippen molar-refractivity contribution in [2.45, 2.75) is 6.54 Å². The molecule has 0 amide bonds. The molecule has 0 aliphatic carbocycles. The smallest absolute Gasteiger partial charge is 0.335 e. The van der Waals surface area contributed by atoms with Gasteiger partial charge in [0.05, 0.1) is 5.56 Å². The zero-order valence-corrected chi connectivity index (χ0v) is 18.5. The molecule has 0 atom stereocenters. The quantitative estimate of drug-likeness (QED) is 0.312. The van der Waals surface area contributed by atoms with E-state index in [1.807, 2.05) is 47.6 Å². The van der Waals surface area contributed by atoms with Crippen LogP contribution in [0.25, 0.3) is 11.1 Å². The fourth-order valence-electron chi connectivity index (χ4n) is 2.35. The monoisotopic (exact) mass is 526 g/mol. The second-order valence-corrected chi connectivity index (χ2v) is 7.32. The maximum absolute atomic E-state index is 11.0. The molecule has 3 rings (SSSR count). The number of nitrogens with zero attached hydrogens (tertiary/aromatic N) is 1. The summed E-state index contributed by atoms with van der Waals surface area (Å²) in [5.41, 5.74) is 3.57. The number of aromatic nitrogens is 2.